The summed E-state index contributed by atoms with van der Waals surface area (Å²) < 4.78 is 6.42. The number of piperidine rings is 2. The number of hydrogen-bond acceptors (Lipinski definition) is 8. The smallest absolute Gasteiger partial charge is 0.245 e. The van der Waals surface area contributed by atoms with Crippen LogP contribution in [0.1, 0.15) is 55.5 Å². The molecule has 3 fully saturated rings. The Morgan fingerprint density at radius 3 is 2.52 bits per heavy atom. The summed E-state index contributed by atoms with van der Waals surface area (Å²) in [7, 11) is 2.16. The van der Waals surface area contributed by atoms with E-state index in [0.717, 1.165) is 98.6 Å². The Balaban J connectivity index is 1.49. The van der Waals surface area contributed by atoms with Crippen molar-refractivity contribution in [3.8, 4) is 16.9 Å². The molecule has 3 aromatic rings. The van der Waals surface area contributed by atoms with Crippen molar-refractivity contribution in [2.45, 2.75) is 45.4 Å². The quantitative estimate of drug-likeness (QED) is 0.200. The molecule has 1 spiro atoms. The first-order valence-electron chi connectivity index (χ1n) is 15.6. The summed E-state index contributed by atoms with van der Waals surface area (Å²) in [5.41, 5.74) is 10.8. The fourth-order valence-corrected chi connectivity index (χ4v) is 7.49. The summed E-state index contributed by atoms with van der Waals surface area (Å²) in [5, 5.41) is 9.56. The van der Waals surface area contributed by atoms with Gasteiger partial charge in [0.1, 0.15) is 17.2 Å². The zero-order chi connectivity index (χ0) is 31.2. The Kier molecular flexibility index (Phi) is 8.28. The molecule has 3 saturated heterocycles. The fraction of sp³-hybridized carbons (Fsp3) is 0.471. The SMILES string of the molecule is C=CC(=O)N1CC2(CCN(c3nc(C4CCN(C)CC4)nc4c(OCC)c(-c5c(C)ccc(N)c5C=N)c(Cl)cc34)CC2)C1. The van der Waals surface area contributed by atoms with E-state index in [1.807, 2.05) is 36.9 Å². The van der Waals surface area contributed by atoms with Crippen LogP contribution in [0.15, 0.2) is 30.9 Å². The zero-order valence-electron chi connectivity index (χ0n) is 26.0. The van der Waals surface area contributed by atoms with Gasteiger partial charge in [0, 0.05) is 71.5 Å². The molecule has 232 valence electrons. The largest absolute Gasteiger partial charge is 0.491 e. The third-order valence-corrected chi connectivity index (χ3v) is 10.1. The Hall–Kier alpha value is -3.69. The highest BCUT2D eigenvalue weighted by Gasteiger charge is 2.46. The van der Waals surface area contributed by atoms with Crippen molar-refractivity contribution in [2.75, 3.05) is 63.6 Å². The number of nitrogen functional groups attached to an aromatic ring is 1. The second-order valence-corrected chi connectivity index (χ2v) is 13.1. The lowest BCUT2D eigenvalue weighted by molar-refractivity contribution is -0.139. The molecule has 9 nitrogen and oxygen atoms in total. The van der Waals surface area contributed by atoms with Gasteiger partial charge < -0.3 is 30.6 Å². The summed E-state index contributed by atoms with van der Waals surface area (Å²) in [6.07, 6.45) is 6.65. The molecule has 2 aromatic carbocycles. The Morgan fingerprint density at radius 2 is 1.89 bits per heavy atom. The molecule has 3 aliphatic rings. The molecule has 1 amide bonds. The number of halogens is 1. The van der Waals surface area contributed by atoms with Crippen molar-refractivity contribution in [1.29, 1.82) is 5.41 Å². The lowest BCUT2D eigenvalue weighted by Crippen LogP contribution is -2.61. The van der Waals surface area contributed by atoms with Crippen LogP contribution in [0, 0.1) is 17.7 Å². The number of nitrogens with one attached hydrogen (secondary N) is 1. The Bertz CT molecular complexity index is 1620. The number of benzene rings is 2. The molecule has 0 saturated carbocycles. The number of carbonyl (C=O) groups is 1. The normalized spacial score (nSPS) is 18.8. The summed E-state index contributed by atoms with van der Waals surface area (Å²) in [6.45, 7) is 13.3. The van der Waals surface area contributed by atoms with Crippen LogP contribution in [0.2, 0.25) is 5.02 Å². The van der Waals surface area contributed by atoms with E-state index in [9.17, 15) is 4.79 Å². The number of amides is 1. The molecule has 0 radical (unpaired) electrons. The standard InChI is InChI=1S/C34H42ClN7O2/c1-5-27(43)42-19-34(20-42)11-15-41(16-12-34)33-23-17-25(35)29(28-21(3)7-8-26(37)24(28)18-36)31(44-6-2)30(23)38-32(39-33)22-9-13-40(4)14-10-22/h5,7-8,17-18,22,36H,1,6,9-16,19-20,37H2,2-4H3. The zero-order valence-corrected chi connectivity index (χ0v) is 26.7. The minimum absolute atomic E-state index is 0.0121. The second-order valence-electron chi connectivity index (χ2n) is 12.7. The molecule has 3 aliphatic heterocycles. The average Bonchev–Trinajstić information content (AvgIpc) is 3.01. The molecular formula is C34H42ClN7O2. The molecule has 0 atom stereocenters. The summed E-state index contributed by atoms with van der Waals surface area (Å²) in [4.78, 5) is 29.3. The molecule has 44 heavy (non-hydrogen) atoms. The monoisotopic (exact) mass is 615 g/mol. The number of likely N-dealkylation sites (tertiary alicyclic amines) is 2. The fourth-order valence-electron chi connectivity index (χ4n) is 7.20. The molecule has 0 aliphatic carbocycles. The summed E-state index contributed by atoms with van der Waals surface area (Å²) in [6, 6.07) is 5.75. The highest BCUT2D eigenvalue weighted by Crippen LogP contribution is 2.48. The van der Waals surface area contributed by atoms with E-state index in [1.165, 1.54) is 12.3 Å². The van der Waals surface area contributed by atoms with Gasteiger partial charge in [-0.25, -0.2) is 9.97 Å². The van der Waals surface area contributed by atoms with Crippen LogP contribution in [-0.2, 0) is 4.79 Å². The van der Waals surface area contributed by atoms with E-state index < -0.39 is 0 Å². The lowest BCUT2D eigenvalue weighted by atomic mass is 9.72. The van der Waals surface area contributed by atoms with Crippen LogP contribution in [-0.4, -0.2) is 84.8 Å². The molecule has 10 heteroatoms. The minimum atomic E-state index is 0.0121. The minimum Gasteiger partial charge on any atom is -0.491 e. The Morgan fingerprint density at radius 1 is 1.18 bits per heavy atom. The van der Waals surface area contributed by atoms with Crippen molar-refractivity contribution in [2.24, 2.45) is 5.41 Å². The second kappa shape index (κ2) is 12.0. The van der Waals surface area contributed by atoms with Crippen LogP contribution in [0.3, 0.4) is 0 Å². The van der Waals surface area contributed by atoms with Crippen molar-refractivity contribution >= 4 is 46.1 Å². The van der Waals surface area contributed by atoms with Gasteiger partial charge in [0.15, 0.2) is 5.75 Å². The van der Waals surface area contributed by atoms with Gasteiger partial charge in [0.05, 0.1) is 11.6 Å². The van der Waals surface area contributed by atoms with Gasteiger partial charge in [0.25, 0.3) is 0 Å². The van der Waals surface area contributed by atoms with Gasteiger partial charge >= 0.3 is 0 Å². The van der Waals surface area contributed by atoms with Crippen LogP contribution in [0.25, 0.3) is 22.0 Å². The van der Waals surface area contributed by atoms with Crippen LogP contribution >= 0.6 is 11.6 Å². The van der Waals surface area contributed by atoms with E-state index >= 15 is 0 Å². The highest BCUT2D eigenvalue weighted by atomic mass is 35.5. The van der Waals surface area contributed by atoms with Gasteiger partial charge in [-0.3, -0.25) is 4.79 Å². The van der Waals surface area contributed by atoms with E-state index in [0.29, 0.717) is 34.2 Å². The van der Waals surface area contributed by atoms with Crippen molar-refractivity contribution < 1.29 is 9.53 Å². The lowest BCUT2D eigenvalue weighted by Gasteiger charge is -2.54. The number of aromatic nitrogens is 2. The first-order valence-corrected chi connectivity index (χ1v) is 16.0. The third kappa shape index (κ3) is 5.30. The predicted molar refractivity (Wildman–Crippen MR) is 178 cm³/mol. The maximum Gasteiger partial charge on any atom is 0.245 e. The molecular weight excluding hydrogens is 574 g/mol. The number of hydrogen-bond donors (Lipinski definition) is 2. The van der Waals surface area contributed by atoms with Crippen LogP contribution < -0.4 is 15.4 Å². The maximum atomic E-state index is 12.1. The topological polar surface area (TPSA) is 112 Å². The van der Waals surface area contributed by atoms with Crippen molar-refractivity contribution in [3.63, 3.8) is 0 Å². The number of anilines is 2. The molecule has 1 aromatic heterocycles. The number of nitrogens with two attached hydrogens (primary N) is 1. The van der Waals surface area contributed by atoms with Crippen LogP contribution in [0.5, 0.6) is 5.75 Å². The summed E-state index contributed by atoms with van der Waals surface area (Å²) in [5.74, 6) is 2.60. The first-order chi connectivity index (χ1) is 21.2. The van der Waals surface area contributed by atoms with Gasteiger partial charge in [-0.05, 0) is 83.4 Å². The van der Waals surface area contributed by atoms with E-state index in [4.69, 9.17) is 37.4 Å². The number of nitrogens with zero attached hydrogens (tertiary/aromatic N) is 5. The number of rotatable bonds is 7. The molecule has 4 heterocycles. The first kappa shape index (κ1) is 30.3. The number of ether oxygens (including phenoxy) is 1. The van der Waals surface area contributed by atoms with Gasteiger partial charge in [-0.2, -0.15) is 0 Å². The van der Waals surface area contributed by atoms with E-state index in [1.54, 1.807) is 0 Å². The molecule has 0 unspecified atom stereocenters. The van der Waals surface area contributed by atoms with Crippen molar-refractivity contribution in [3.05, 3.63) is 52.8 Å². The van der Waals surface area contributed by atoms with Gasteiger partial charge in [0.2, 0.25) is 5.91 Å². The van der Waals surface area contributed by atoms with Crippen LogP contribution in [0.4, 0.5) is 11.5 Å². The molecule has 0 bridgehead atoms. The number of fused-ring (bicyclic) bond motifs is 1. The highest BCUT2D eigenvalue weighted by molar-refractivity contribution is 6.35. The van der Waals surface area contributed by atoms with Crippen molar-refractivity contribution in [1.82, 2.24) is 19.8 Å². The average molecular weight is 616 g/mol. The number of aryl methyl sites for hydroxylation is 1. The predicted octanol–water partition coefficient (Wildman–Crippen LogP) is 5.66. The van der Waals surface area contributed by atoms with E-state index in [2.05, 4.69) is 23.4 Å². The Labute approximate surface area is 264 Å². The summed E-state index contributed by atoms with van der Waals surface area (Å²) >= 11 is 7.16. The van der Waals surface area contributed by atoms with Gasteiger partial charge in [-0.1, -0.05) is 24.2 Å². The maximum absolute atomic E-state index is 12.1. The third-order valence-electron chi connectivity index (χ3n) is 9.81. The van der Waals surface area contributed by atoms with E-state index in [-0.39, 0.29) is 17.2 Å². The van der Waals surface area contributed by atoms with Gasteiger partial charge in [-0.15, -0.1) is 0 Å². The molecule has 3 N–H and O–H groups in total. The number of carbonyl (C=O) groups excluding carboxylic acids is 1. The molecule has 6 rings (SSSR count).